The molecule has 26 heavy (non-hydrogen) atoms. The summed E-state index contributed by atoms with van der Waals surface area (Å²) in [4.78, 5) is -0.363. The smallest absolute Gasteiger partial charge is 0.437 e. The van der Waals surface area contributed by atoms with Crippen LogP contribution in [0.2, 0.25) is 0 Å². The lowest BCUT2D eigenvalue weighted by Crippen LogP contribution is -2.25. The summed E-state index contributed by atoms with van der Waals surface area (Å²) in [6.45, 7) is 0. The molecule has 2 aromatic carbocycles. The molecule has 10 heteroatoms. The number of nitrogens with zero attached hydrogens (tertiary/aromatic N) is 1. The number of methoxy groups -OCH3 is 2. The van der Waals surface area contributed by atoms with Gasteiger partial charge in [0.1, 0.15) is 16.4 Å². The SMILES string of the molecule is COc1ccc(/C(=N/OS(=O)(=O)c2ccc(OC)cc2)C(F)(F)F)cc1. The fraction of sp³-hybridized carbons (Fsp3) is 0.188. The lowest BCUT2D eigenvalue weighted by Gasteiger charge is -2.11. The number of rotatable bonds is 6. The van der Waals surface area contributed by atoms with Crippen molar-refractivity contribution in [2.45, 2.75) is 11.1 Å². The highest BCUT2D eigenvalue weighted by atomic mass is 32.2. The zero-order valence-electron chi connectivity index (χ0n) is 13.6. The van der Waals surface area contributed by atoms with Gasteiger partial charge < -0.3 is 9.47 Å². The van der Waals surface area contributed by atoms with E-state index in [0.717, 1.165) is 24.3 Å². The second-order valence-corrected chi connectivity index (χ2v) is 6.40. The molecule has 0 saturated carbocycles. The van der Waals surface area contributed by atoms with Gasteiger partial charge in [-0.15, -0.1) is 0 Å². The van der Waals surface area contributed by atoms with Crippen molar-refractivity contribution in [3.8, 4) is 11.5 Å². The third-order valence-electron chi connectivity index (χ3n) is 3.21. The summed E-state index contributed by atoms with van der Waals surface area (Å²) in [5.41, 5.74) is -1.86. The van der Waals surface area contributed by atoms with Gasteiger partial charge in [-0.2, -0.15) is 21.6 Å². The normalized spacial score (nSPS) is 12.6. The van der Waals surface area contributed by atoms with Crippen LogP contribution in [-0.4, -0.2) is 34.5 Å². The zero-order chi connectivity index (χ0) is 19.4. The molecule has 0 aromatic heterocycles. The van der Waals surface area contributed by atoms with Crippen molar-refractivity contribution in [2.24, 2.45) is 5.16 Å². The summed E-state index contributed by atoms with van der Waals surface area (Å²) >= 11 is 0. The minimum atomic E-state index is -4.93. The highest BCUT2D eigenvalue weighted by molar-refractivity contribution is 7.86. The Bertz CT molecular complexity index is 876. The molecule has 140 valence electrons. The molecule has 0 aliphatic carbocycles. The van der Waals surface area contributed by atoms with Crippen LogP contribution in [0.25, 0.3) is 0 Å². The highest BCUT2D eigenvalue weighted by Gasteiger charge is 2.38. The topological polar surface area (TPSA) is 74.2 Å². The van der Waals surface area contributed by atoms with E-state index in [1.165, 1.54) is 38.5 Å². The Balaban J connectivity index is 2.34. The van der Waals surface area contributed by atoms with Gasteiger partial charge in [-0.25, -0.2) is 0 Å². The summed E-state index contributed by atoms with van der Waals surface area (Å²) in [5, 5.41) is 2.84. The molecule has 6 nitrogen and oxygen atoms in total. The molecule has 0 N–H and O–H groups in total. The Kier molecular flexibility index (Phi) is 5.76. The number of alkyl halides is 3. The molecule has 0 aliphatic heterocycles. The van der Waals surface area contributed by atoms with E-state index in [1.54, 1.807) is 0 Å². The van der Waals surface area contributed by atoms with Crippen LogP contribution >= 0.6 is 0 Å². The fourth-order valence-corrected chi connectivity index (χ4v) is 2.62. The lowest BCUT2D eigenvalue weighted by atomic mass is 10.1. The average Bonchev–Trinajstić information content (AvgIpc) is 2.61. The molecule has 0 heterocycles. The van der Waals surface area contributed by atoms with E-state index >= 15 is 0 Å². The summed E-state index contributed by atoms with van der Waals surface area (Å²) < 4.78 is 77.7. The van der Waals surface area contributed by atoms with Crippen molar-refractivity contribution < 1.29 is 35.3 Å². The van der Waals surface area contributed by atoms with E-state index in [9.17, 15) is 21.6 Å². The Morgan fingerprint density at radius 1 is 0.885 bits per heavy atom. The number of halogens is 3. The van der Waals surface area contributed by atoms with Crippen molar-refractivity contribution in [3.63, 3.8) is 0 Å². The predicted octanol–water partition coefficient (Wildman–Crippen LogP) is 3.38. The Hall–Kier alpha value is -2.75. The van der Waals surface area contributed by atoms with Gasteiger partial charge in [-0.1, -0.05) is 5.16 Å². The standard InChI is InChI=1S/C16H14F3NO5S/c1-23-12-5-3-11(4-6-12)15(16(17,18)19)20-25-26(21,22)14-9-7-13(24-2)8-10-14/h3-10H,1-2H3/b20-15-. The van der Waals surface area contributed by atoms with Gasteiger partial charge in [0.25, 0.3) is 0 Å². The first-order valence-corrected chi connectivity index (χ1v) is 8.45. The quantitative estimate of drug-likeness (QED) is 0.559. The highest BCUT2D eigenvalue weighted by Crippen LogP contribution is 2.25. The molecule has 0 fully saturated rings. The molecule has 0 radical (unpaired) electrons. The maximum absolute atomic E-state index is 13.2. The summed E-state index contributed by atoms with van der Waals surface area (Å²) in [6, 6.07) is 9.67. The summed E-state index contributed by atoms with van der Waals surface area (Å²) in [6.07, 6.45) is -4.93. The Morgan fingerprint density at radius 2 is 1.35 bits per heavy atom. The number of ether oxygens (including phenoxy) is 2. The van der Waals surface area contributed by atoms with Crippen molar-refractivity contribution in [1.82, 2.24) is 0 Å². The van der Waals surface area contributed by atoms with Gasteiger partial charge in [0.15, 0.2) is 5.71 Å². The maximum atomic E-state index is 13.2. The molecule has 0 saturated heterocycles. The molecular formula is C16H14F3NO5S. The number of oxime groups is 1. The van der Waals surface area contributed by atoms with E-state index in [-0.39, 0.29) is 10.5 Å². The predicted molar refractivity (Wildman–Crippen MR) is 86.9 cm³/mol. The van der Waals surface area contributed by atoms with Gasteiger partial charge in [-0.05, 0) is 48.5 Å². The first-order chi connectivity index (χ1) is 12.2. The van der Waals surface area contributed by atoms with Crippen LogP contribution in [0.1, 0.15) is 5.56 Å². The number of hydrogen-bond acceptors (Lipinski definition) is 6. The van der Waals surface area contributed by atoms with Gasteiger partial charge in [0.2, 0.25) is 0 Å². The molecule has 0 bridgehead atoms. The first kappa shape index (κ1) is 19.6. The molecule has 0 aliphatic rings. The van der Waals surface area contributed by atoms with E-state index in [0.29, 0.717) is 11.5 Å². The van der Waals surface area contributed by atoms with E-state index < -0.39 is 22.0 Å². The number of hydrogen-bond donors (Lipinski definition) is 0. The van der Waals surface area contributed by atoms with Crippen LogP contribution in [-0.2, 0) is 14.4 Å². The lowest BCUT2D eigenvalue weighted by molar-refractivity contribution is -0.0597. The van der Waals surface area contributed by atoms with E-state index in [2.05, 4.69) is 9.44 Å². The fourth-order valence-electron chi connectivity index (χ4n) is 1.89. The second kappa shape index (κ2) is 7.65. The van der Waals surface area contributed by atoms with Crippen molar-refractivity contribution in [3.05, 3.63) is 54.1 Å². The van der Waals surface area contributed by atoms with Crippen molar-refractivity contribution in [2.75, 3.05) is 14.2 Å². The minimum absolute atomic E-state index is 0.335. The largest absolute Gasteiger partial charge is 0.497 e. The van der Waals surface area contributed by atoms with Gasteiger partial charge >= 0.3 is 16.3 Å². The van der Waals surface area contributed by atoms with Gasteiger partial charge in [0.05, 0.1) is 14.2 Å². The van der Waals surface area contributed by atoms with Crippen LogP contribution in [0.3, 0.4) is 0 Å². The molecule has 0 unspecified atom stereocenters. The average molecular weight is 389 g/mol. The number of benzene rings is 2. The maximum Gasteiger partial charge on any atom is 0.437 e. The summed E-state index contributed by atoms with van der Waals surface area (Å²) in [5.74, 6) is 0.712. The molecule has 0 spiro atoms. The summed E-state index contributed by atoms with van der Waals surface area (Å²) in [7, 11) is -1.79. The van der Waals surface area contributed by atoms with Crippen LogP contribution in [0.4, 0.5) is 13.2 Å². The third kappa shape index (κ3) is 4.66. The van der Waals surface area contributed by atoms with Crippen molar-refractivity contribution >= 4 is 15.8 Å². The van der Waals surface area contributed by atoms with Crippen molar-refractivity contribution in [1.29, 1.82) is 0 Å². The monoisotopic (exact) mass is 389 g/mol. The Labute approximate surface area is 147 Å². The van der Waals surface area contributed by atoms with Crippen LogP contribution in [0.5, 0.6) is 11.5 Å². The molecule has 0 atom stereocenters. The second-order valence-electron chi connectivity index (χ2n) is 4.87. The molecule has 2 aromatic rings. The minimum Gasteiger partial charge on any atom is -0.497 e. The van der Waals surface area contributed by atoms with E-state index in [1.807, 2.05) is 0 Å². The van der Waals surface area contributed by atoms with Gasteiger partial charge in [-0.3, -0.25) is 4.28 Å². The zero-order valence-corrected chi connectivity index (χ0v) is 14.5. The Morgan fingerprint density at radius 3 is 1.77 bits per heavy atom. The van der Waals surface area contributed by atoms with Crippen LogP contribution in [0, 0.1) is 0 Å². The van der Waals surface area contributed by atoms with E-state index in [4.69, 9.17) is 9.47 Å². The van der Waals surface area contributed by atoms with Gasteiger partial charge in [0, 0.05) is 5.56 Å². The third-order valence-corrected chi connectivity index (χ3v) is 4.33. The first-order valence-electron chi connectivity index (χ1n) is 7.04. The molecule has 2 rings (SSSR count). The van der Waals surface area contributed by atoms with Crippen LogP contribution in [0.15, 0.2) is 58.6 Å². The molecular weight excluding hydrogens is 375 g/mol. The molecule has 0 amide bonds. The van der Waals surface area contributed by atoms with Crippen LogP contribution < -0.4 is 9.47 Å².